The Labute approximate surface area is 95.1 Å². The Hall–Kier alpha value is 0.300. The van der Waals surface area contributed by atoms with Crippen molar-refractivity contribution in [1.29, 1.82) is 0 Å². The molecule has 0 bridgehead atoms. The molecule has 7 nitrogen and oxygen atoms in total. The molecule has 104 valence electrons. The van der Waals surface area contributed by atoms with Gasteiger partial charge in [-0.25, -0.2) is 28.1 Å². The van der Waals surface area contributed by atoms with E-state index in [9.17, 15) is 22.7 Å². The molecule has 2 atom stereocenters. The van der Waals surface area contributed by atoms with Crippen molar-refractivity contribution in [3.8, 4) is 0 Å². The predicted molar refractivity (Wildman–Crippen MR) is 46.7 cm³/mol. The van der Waals surface area contributed by atoms with Gasteiger partial charge in [-0.3, -0.25) is 0 Å². The lowest BCUT2D eigenvalue weighted by Crippen LogP contribution is -2.35. The Balaban J connectivity index is 4.56. The summed E-state index contributed by atoms with van der Waals surface area (Å²) in [4.78, 5) is 0. The summed E-state index contributed by atoms with van der Waals surface area (Å²) in [5, 5.41) is 28.5. The van der Waals surface area contributed by atoms with Crippen molar-refractivity contribution in [1.82, 2.24) is 0 Å². The molecule has 0 saturated heterocycles. The molecular weight excluding hydrogens is 298 g/mol. The van der Waals surface area contributed by atoms with Gasteiger partial charge in [0.15, 0.2) is 5.08 Å². The van der Waals surface area contributed by atoms with Crippen LogP contribution in [0.25, 0.3) is 0 Å². The maximum Gasteiger partial charge on any atom is 0.311 e. The molecule has 0 radical (unpaired) electrons. The van der Waals surface area contributed by atoms with Crippen LogP contribution >= 0.6 is 17.6 Å². The quantitative estimate of drug-likeness (QED) is 0.259. The van der Waals surface area contributed by atoms with Crippen LogP contribution in [0, 0.1) is 0 Å². The van der Waals surface area contributed by atoms with Gasteiger partial charge in [0.2, 0.25) is 0 Å². The molecule has 0 heterocycles. The number of hydrogen-bond donors (Lipinski definition) is 3. The summed E-state index contributed by atoms with van der Waals surface area (Å²) in [5.41, 5.74) is 0. The summed E-state index contributed by atoms with van der Waals surface area (Å²) in [6.07, 6.45) is -5.77. The van der Waals surface area contributed by atoms with Crippen LogP contribution in [-0.2, 0) is 19.4 Å². The second-order valence-electron chi connectivity index (χ2n) is 2.62. The number of aliphatic hydroxyl groups is 1. The van der Waals surface area contributed by atoms with Crippen molar-refractivity contribution in [2.75, 3.05) is 0 Å². The second kappa shape index (κ2) is 7.67. The van der Waals surface area contributed by atoms with Gasteiger partial charge in [-0.1, -0.05) is 10.1 Å². The third-order valence-electron chi connectivity index (χ3n) is 1.31. The van der Waals surface area contributed by atoms with Crippen LogP contribution in [0.3, 0.4) is 0 Å². The van der Waals surface area contributed by atoms with E-state index in [0.717, 1.165) is 0 Å². The van der Waals surface area contributed by atoms with Gasteiger partial charge in [-0.05, 0) is 0 Å². The van der Waals surface area contributed by atoms with Crippen molar-refractivity contribution >= 4 is 17.6 Å². The van der Waals surface area contributed by atoms with E-state index in [0.29, 0.717) is 0 Å². The van der Waals surface area contributed by atoms with E-state index in [1.165, 1.54) is 0 Å². The van der Waals surface area contributed by atoms with Gasteiger partial charge in [0.05, 0.1) is 24.0 Å². The van der Waals surface area contributed by atoms with Gasteiger partial charge >= 0.3 is 12.3 Å². The summed E-state index contributed by atoms with van der Waals surface area (Å²) in [5.74, 6) is -4.52. The van der Waals surface area contributed by atoms with Gasteiger partial charge < -0.3 is 5.11 Å². The molecule has 0 aromatic carbocycles. The summed E-state index contributed by atoms with van der Waals surface area (Å²) in [7, 11) is -2.76. The molecule has 3 N–H and O–H groups in total. The molecule has 0 rings (SSSR count). The fourth-order valence-electron chi connectivity index (χ4n) is 0.686. The molecule has 0 aromatic rings. The second-order valence-corrected chi connectivity index (χ2v) is 5.51. The maximum atomic E-state index is 12.7. The highest BCUT2D eigenvalue weighted by Crippen LogP contribution is 2.52. The minimum Gasteiger partial charge on any atom is -0.376 e. The van der Waals surface area contributed by atoms with Crippen LogP contribution in [0.15, 0.2) is 0 Å². The van der Waals surface area contributed by atoms with Crippen molar-refractivity contribution < 1.29 is 52.6 Å². The number of halogens is 4. The summed E-state index contributed by atoms with van der Waals surface area (Å²) < 4.78 is 56.7. The van der Waals surface area contributed by atoms with E-state index in [-0.39, 0.29) is 0 Å². The smallest absolute Gasteiger partial charge is 0.311 e. The molecule has 0 aliphatic heterocycles. The summed E-state index contributed by atoms with van der Waals surface area (Å²) in [6.45, 7) is 0. The average Bonchev–Trinajstić information content (AvgIpc) is 2.23. The molecule has 0 fully saturated rings. The monoisotopic (exact) mass is 306 g/mol. The van der Waals surface area contributed by atoms with Gasteiger partial charge in [0, 0.05) is 0 Å². The number of rotatable bonds is 9. The van der Waals surface area contributed by atoms with E-state index in [1.54, 1.807) is 0 Å². The zero-order valence-electron chi connectivity index (χ0n) is 7.77. The Bertz CT molecular complexity index is 212. The van der Waals surface area contributed by atoms with E-state index in [2.05, 4.69) is 19.4 Å². The Morgan fingerprint density at radius 3 is 1.76 bits per heavy atom. The molecule has 0 amide bonds. The first-order valence-electron chi connectivity index (χ1n) is 3.64. The van der Waals surface area contributed by atoms with Gasteiger partial charge in [0.1, 0.15) is 0 Å². The first-order valence-corrected chi connectivity index (χ1v) is 5.46. The molecule has 2 unspecified atom stereocenters. The minimum atomic E-state index is -4.52. The van der Waals surface area contributed by atoms with E-state index in [1.807, 2.05) is 0 Å². The normalized spacial score (nSPS) is 17.6. The minimum absolute atomic E-state index is 1.38. The fourth-order valence-corrected chi connectivity index (χ4v) is 2.07. The van der Waals surface area contributed by atoms with Crippen LogP contribution in [0.1, 0.15) is 6.42 Å². The van der Waals surface area contributed by atoms with Gasteiger partial charge in [-0.15, -0.1) is 0 Å². The molecule has 17 heavy (non-hydrogen) atoms. The summed E-state index contributed by atoms with van der Waals surface area (Å²) in [6, 6.07) is 0. The van der Waals surface area contributed by atoms with Crippen LogP contribution in [0.5, 0.6) is 0 Å². The lowest BCUT2D eigenvalue weighted by atomic mass is 10.2. The third-order valence-corrected chi connectivity index (χ3v) is 3.26. The fraction of sp³-hybridized carbons (Fsp3) is 1.00. The third kappa shape index (κ3) is 6.70. The lowest BCUT2D eigenvalue weighted by Gasteiger charge is -2.28. The number of hydrogen-bond acceptors (Lipinski definition) is 7. The zero-order valence-corrected chi connectivity index (χ0v) is 9.77. The van der Waals surface area contributed by atoms with Crippen molar-refractivity contribution in [3.63, 3.8) is 0 Å². The van der Waals surface area contributed by atoms with Crippen molar-refractivity contribution in [2.24, 2.45) is 0 Å². The average molecular weight is 306 g/mol. The molecule has 0 spiro atoms. The molecule has 0 saturated carbocycles. The highest BCUT2D eigenvalue weighted by molar-refractivity contribution is 7.53. The highest BCUT2D eigenvalue weighted by atomic mass is 31.1. The highest BCUT2D eigenvalue weighted by Gasteiger charge is 2.49. The molecule has 0 aromatic heterocycles. The Morgan fingerprint density at radius 1 is 1.06 bits per heavy atom. The molecular formula is C4H8F4O7P2. The van der Waals surface area contributed by atoms with Crippen LogP contribution in [0.2, 0.25) is 0 Å². The van der Waals surface area contributed by atoms with E-state index >= 15 is 0 Å². The first-order chi connectivity index (χ1) is 7.77. The SMILES string of the molecule is OOOPC(O)(CC(F)(F)C(F)F)POOO. The van der Waals surface area contributed by atoms with E-state index < -0.39 is 41.5 Å². The largest absolute Gasteiger partial charge is 0.376 e. The predicted octanol–water partition coefficient (Wildman–Crippen LogP) is 1.95. The van der Waals surface area contributed by atoms with Gasteiger partial charge in [-0.2, -0.15) is 9.35 Å². The topological polar surface area (TPSA) is 97.6 Å². The lowest BCUT2D eigenvalue weighted by molar-refractivity contribution is -0.438. The van der Waals surface area contributed by atoms with Crippen molar-refractivity contribution in [3.05, 3.63) is 0 Å². The van der Waals surface area contributed by atoms with Gasteiger partial charge in [0.25, 0.3) is 0 Å². The molecule has 0 aliphatic carbocycles. The standard InChI is InChI=1S/C4H8F4O7P2/c5-2(6)3(7,8)1-4(9,16-14-12-10)17-15-13-11/h2,9-11,16-17H,1H2. The van der Waals surface area contributed by atoms with Crippen LogP contribution in [0.4, 0.5) is 17.6 Å². The first kappa shape index (κ1) is 17.3. The van der Waals surface area contributed by atoms with Crippen LogP contribution in [-0.4, -0.2) is 33.1 Å². The van der Waals surface area contributed by atoms with E-state index in [4.69, 9.17) is 10.5 Å². The van der Waals surface area contributed by atoms with Crippen LogP contribution < -0.4 is 0 Å². The maximum absolute atomic E-state index is 12.7. The molecule has 13 heteroatoms. The Morgan fingerprint density at radius 2 is 1.47 bits per heavy atom. The zero-order chi connectivity index (χ0) is 13.5. The molecule has 0 aliphatic rings. The number of alkyl halides is 4. The Kier molecular flexibility index (Phi) is 7.81. The summed E-state index contributed by atoms with van der Waals surface area (Å²) >= 11 is 0. The van der Waals surface area contributed by atoms with Crippen molar-refractivity contribution in [2.45, 2.75) is 23.9 Å².